The quantitative estimate of drug-likeness (QED) is 0.845. The van der Waals surface area contributed by atoms with E-state index in [1.807, 2.05) is 24.3 Å². The first kappa shape index (κ1) is 14.8. The van der Waals surface area contributed by atoms with Crippen molar-refractivity contribution in [3.63, 3.8) is 0 Å². The third-order valence-corrected chi connectivity index (χ3v) is 3.60. The van der Waals surface area contributed by atoms with E-state index in [4.69, 9.17) is 4.74 Å². The van der Waals surface area contributed by atoms with Gasteiger partial charge in [0.15, 0.2) is 0 Å². The van der Waals surface area contributed by atoms with Crippen LogP contribution in [0.25, 0.3) is 0 Å². The van der Waals surface area contributed by atoms with E-state index in [0.29, 0.717) is 6.54 Å². The fraction of sp³-hybridized carbons (Fsp3) is 0.533. The molecule has 1 aliphatic heterocycles. The summed E-state index contributed by atoms with van der Waals surface area (Å²) in [6.45, 7) is 1.32. The van der Waals surface area contributed by atoms with Gasteiger partial charge in [0.2, 0.25) is 5.91 Å². The number of aliphatic hydroxyl groups excluding tert-OH is 1. The molecule has 0 saturated heterocycles. The highest BCUT2D eigenvalue weighted by molar-refractivity contribution is 5.86. The van der Waals surface area contributed by atoms with E-state index in [-0.39, 0.29) is 18.4 Å². The molecule has 1 aromatic carbocycles. The van der Waals surface area contributed by atoms with Gasteiger partial charge in [-0.25, -0.2) is 0 Å². The monoisotopic (exact) mass is 278 g/mol. The molecule has 1 amide bonds. The highest BCUT2D eigenvalue weighted by atomic mass is 16.5. The first-order valence-electron chi connectivity index (χ1n) is 6.88. The number of ether oxygens (including phenoxy) is 1. The molecule has 5 heteroatoms. The number of fused-ring (bicyclic) bond motifs is 1. The summed E-state index contributed by atoms with van der Waals surface area (Å²) in [4.78, 5) is 14.1. The summed E-state index contributed by atoms with van der Waals surface area (Å²) in [7, 11) is 3.26. The predicted molar refractivity (Wildman–Crippen MR) is 77.8 cm³/mol. The lowest BCUT2D eigenvalue weighted by molar-refractivity contribution is -0.133. The molecule has 1 heterocycles. The van der Waals surface area contributed by atoms with Gasteiger partial charge in [-0.2, -0.15) is 0 Å². The lowest BCUT2D eigenvalue weighted by Crippen LogP contribution is -2.40. The topological polar surface area (TPSA) is 61.8 Å². The Balaban J connectivity index is 2.06. The van der Waals surface area contributed by atoms with Crippen molar-refractivity contribution in [1.29, 1.82) is 0 Å². The van der Waals surface area contributed by atoms with Crippen LogP contribution in [0.2, 0.25) is 0 Å². The van der Waals surface area contributed by atoms with Crippen molar-refractivity contribution in [3.05, 3.63) is 29.8 Å². The van der Waals surface area contributed by atoms with Crippen LogP contribution < -0.4 is 5.32 Å². The molecular formula is C15H22N2O3. The van der Waals surface area contributed by atoms with Crippen LogP contribution >= 0.6 is 0 Å². The standard InChI is InChI=1S/C15H22N2O3/c1-17(9-11(18)10-20-2)15(19)13-7-8-16-14-6-4-3-5-12(13)14/h3-6,11,13,16,18H,7-10H2,1-2H3. The highest BCUT2D eigenvalue weighted by Crippen LogP contribution is 2.32. The molecule has 2 rings (SSSR count). The van der Waals surface area contributed by atoms with E-state index in [1.54, 1.807) is 11.9 Å². The van der Waals surface area contributed by atoms with E-state index in [1.165, 1.54) is 7.11 Å². The summed E-state index contributed by atoms with van der Waals surface area (Å²) in [6.07, 6.45) is 0.131. The molecule has 0 saturated carbocycles. The van der Waals surface area contributed by atoms with Gasteiger partial charge in [0.1, 0.15) is 0 Å². The summed E-state index contributed by atoms with van der Waals surface area (Å²) in [5, 5.41) is 13.0. The number of nitrogens with one attached hydrogen (secondary N) is 1. The lowest BCUT2D eigenvalue weighted by atomic mass is 9.90. The predicted octanol–water partition coefficient (Wildman–Crippen LogP) is 1.05. The number of methoxy groups -OCH3 is 1. The minimum atomic E-state index is -0.647. The van der Waals surface area contributed by atoms with Crippen LogP contribution in [0.4, 0.5) is 5.69 Å². The minimum Gasteiger partial charge on any atom is -0.389 e. The molecule has 5 nitrogen and oxygen atoms in total. The summed E-state index contributed by atoms with van der Waals surface area (Å²) in [5.41, 5.74) is 2.07. The second-order valence-corrected chi connectivity index (χ2v) is 5.18. The van der Waals surface area contributed by atoms with Crippen molar-refractivity contribution in [3.8, 4) is 0 Å². The van der Waals surface area contributed by atoms with Gasteiger partial charge < -0.3 is 20.1 Å². The summed E-state index contributed by atoms with van der Waals surface area (Å²) >= 11 is 0. The van der Waals surface area contributed by atoms with Gasteiger partial charge in [0.05, 0.1) is 18.6 Å². The zero-order chi connectivity index (χ0) is 14.5. The zero-order valence-corrected chi connectivity index (χ0v) is 12.0. The summed E-state index contributed by atoms with van der Waals surface area (Å²) in [6, 6.07) is 7.90. The first-order chi connectivity index (χ1) is 9.63. The molecule has 110 valence electrons. The molecule has 0 aromatic heterocycles. The van der Waals surface area contributed by atoms with Crippen molar-refractivity contribution in [2.75, 3.05) is 39.2 Å². The number of amides is 1. The number of aliphatic hydroxyl groups is 1. The third kappa shape index (κ3) is 3.29. The molecule has 0 bridgehead atoms. The maximum atomic E-state index is 12.5. The smallest absolute Gasteiger partial charge is 0.230 e. The van der Waals surface area contributed by atoms with Crippen molar-refractivity contribution in [2.45, 2.75) is 18.4 Å². The molecule has 2 N–H and O–H groups in total. The normalized spacial score (nSPS) is 18.9. The number of nitrogens with zero attached hydrogens (tertiary/aromatic N) is 1. The minimum absolute atomic E-state index is 0.0501. The molecule has 2 unspecified atom stereocenters. The number of para-hydroxylation sites is 1. The number of benzene rings is 1. The second-order valence-electron chi connectivity index (χ2n) is 5.18. The van der Waals surface area contributed by atoms with Gasteiger partial charge in [-0.3, -0.25) is 4.79 Å². The van der Waals surface area contributed by atoms with Crippen LogP contribution in [0.15, 0.2) is 24.3 Å². The number of hydrogen-bond donors (Lipinski definition) is 2. The van der Waals surface area contributed by atoms with Crippen molar-refractivity contribution < 1.29 is 14.6 Å². The van der Waals surface area contributed by atoms with E-state index in [2.05, 4.69) is 5.32 Å². The summed E-state index contributed by atoms with van der Waals surface area (Å²) in [5.74, 6) is -0.0821. The van der Waals surface area contributed by atoms with Crippen LogP contribution in [-0.2, 0) is 9.53 Å². The average Bonchev–Trinajstić information content (AvgIpc) is 2.46. The molecule has 1 aromatic rings. The molecule has 1 aliphatic rings. The Labute approximate surface area is 119 Å². The van der Waals surface area contributed by atoms with Gasteiger partial charge in [-0.1, -0.05) is 18.2 Å². The van der Waals surface area contributed by atoms with Crippen LogP contribution in [0.1, 0.15) is 17.9 Å². The Hall–Kier alpha value is -1.59. The van der Waals surface area contributed by atoms with Crippen molar-refractivity contribution in [1.82, 2.24) is 4.90 Å². The van der Waals surface area contributed by atoms with E-state index in [0.717, 1.165) is 24.2 Å². The van der Waals surface area contributed by atoms with E-state index >= 15 is 0 Å². The zero-order valence-electron chi connectivity index (χ0n) is 12.0. The maximum absolute atomic E-state index is 12.5. The average molecular weight is 278 g/mol. The van der Waals surface area contributed by atoms with Crippen LogP contribution in [-0.4, -0.2) is 55.9 Å². The molecule has 0 fully saturated rings. The van der Waals surface area contributed by atoms with Crippen LogP contribution in [0, 0.1) is 0 Å². The Morgan fingerprint density at radius 2 is 2.30 bits per heavy atom. The van der Waals surface area contributed by atoms with Crippen LogP contribution in [0.3, 0.4) is 0 Å². The van der Waals surface area contributed by atoms with Crippen LogP contribution in [0.5, 0.6) is 0 Å². The van der Waals surface area contributed by atoms with Gasteiger partial charge in [-0.15, -0.1) is 0 Å². The van der Waals surface area contributed by atoms with E-state index in [9.17, 15) is 9.90 Å². The highest BCUT2D eigenvalue weighted by Gasteiger charge is 2.29. The molecule has 0 spiro atoms. The van der Waals surface area contributed by atoms with Gasteiger partial charge in [-0.05, 0) is 18.1 Å². The Morgan fingerprint density at radius 1 is 1.55 bits per heavy atom. The SMILES string of the molecule is COCC(O)CN(C)C(=O)C1CCNc2ccccc21. The third-order valence-electron chi connectivity index (χ3n) is 3.60. The molecule has 0 radical (unpaired) electrons. The number of carbonyl (C=O) groups excluding carboxylic acids is 1. The van der Waals surface area contributed by atoms with Gasteiger partial charge in [0.25, 0.3) is 0 Å². The van der Waals surface area contributed by atoms with E-state index < -0.39 is 6.10 Å². The number of anilines is 1. The largest absolute Gasteiger partial charge is 0.389 e. The Kier molecular flexibility index (Phi) is 4.98. The van der Waals surface area contributed by atoms with Gasteiger partial charge in [0, 0.05) is 32.9 Å². The second kappa shape index (κ2) is 6.72. The number of hydrogen-bond acceptors (Lipinski definition) is 4. The van der Waals surface area contributed by atoms with Crippen molar-refractivity contribution >= 4 is 11.6 Å². The fourth-order valence-corrected chi connectivity index (χ4v) is 2.64. The first-order valence-corrected chi connectivity index (χ1v) is 6.88. The number of carbonyl (C=O) groups is 1. The fourth-order valence-electron chi connectivity index (χ4n) is 2.64. The number of rotatable bonds is 5. The molecule has 0 aliphatic carbocycles. The summed E-state index contributed by atoms with van der Waals surface area (Å²) < 4.78 is 4.89. The Morgan fingerprint density at radius 3 is 3.05 bits per heavy atom. The molecule has 2 atom stereocenters. The van der Waals surface area contributed by atoms with Gasteiger partial charge >= 0.3 is 0 Å². The van der Waals surface area contributed by atoms with Crippen molar-refractivity contribution in [2.24, 2.45) is 0 Å². The Bertz CT molecular complexity index is 464. The molecular weight excluding hydrogens is 256 g/mol. The molecule has 20 heavy (non-hydrogen) atoms. The number of likely N-dealkylation sites (N-methyl/N-ethyl adjacent to an activating group) is 1. The lowest BCUT2D eigenvalue weighted by Gasteiger charge is -2.30. The maximum Gasteiger partial charge on any atom is 0.230 e.